The van der Waals surface area contributed by atoms with Gasteiger partial charge in [-0.25, -0.2) is 0 Å². The first kappa shape index (κ1) is 29.2. The Kier molecular flexibility index (Phi) is 10.00. The van der Waals surface area contributed by atoms with Crippen molar-refractivity contribution in [3.05, 3.63) is 95.6 Å². The minimum atomic E-state index is 0.108. The number of amides is 1. The number of carbonyl (C=O) groups is 1. The highest BCUT2D eigenvalue weighted by Gasteiger charge is 2.31. The van der Waals surface area contributed by atoms with Gasteiger partial charge >= 0.3 is 0 Å². The predicted molar refractivity (Wildman–Crippen MR) is 169 cm³/mol. The normalized spacial score (nSPS) is 16.8. The van der Waals surface area contributed by atoms with Crippen molar-refractivity contribution in [2.24, 2.45) is 0 Å². The van der Waals surface area contributed by atoms with Gasteiger partial charge in [0.05, 0.1) is 12.7 Å². The minimum Gasteiger partial charge on any atom is -0.496 e. The third-order valence-electron chi connectivity index (χ3n) is 9.05. The molecule has 0 unspecified atom stereocenters. The SMILES string of the molecule is COc1ccc(N2CCN(CCC(c3ccccc3)c3ccccc3)CC2)cc1C(=O)N(C(C)C)C1CCCCC1. The molecule has 5 nitrogen and oxygen atoms in total. The molecule has 3 aromatic rings. The van der Waals surface area contributed by atoms with Gasteiger partial charge in [-0.3, -0.25) is 9.69 Å². The number of carbonyl (C=O) groups excluding carboxylic acids is 1. The van der Waals surface area contributed by atoms with Crippen molar-refractivity contribution in [3.63, 3.8) is 0 Å². The van der Waals surface area contributed by atoms with Crippen LogP contribution in [0.5, 0.6) is 5.75 Å². The van der Waals surface area contributed by atoms with Crippen LogP contribution >= 0.6 is 0 Å². The second-order valence-electron chi connectivity index (χ2n) is 12.0. The molecule has 1 heterocycles. The molecule has 1 saturated heterocycles. The molecule has 0 atom stereocenters. The largest absolute Gasteiger partial charge is 0.496 e. The molecule has 1 saturated carbocycles. The molecule has 0 aromatic heterocycles. The fourth-order valence-electron chi connectivity index (χ4n) is 6.82. The molecule has 1 aliphatic heterocycles. The number of rotatable bonds is 10. The lowest BCUT2D eigenvalue weighted by molar-refractivity contribution is 0.0552. The van der Waals surface area contributed by atoms with E-state index in [-0.39, 0.29) is 11.9 Å². The fourth-order valence-corrected chi connectivity index (χ4v) is 6.82. The standard InChI is InChI=1S/C36H47N3O2/c1-28(2)39(31-17-11-6-12-18-31)36(40)34-27-32(19-20-35(34)41-3)38-25-23-37(24-26-38)22-21-33(29-13-7-4-8-14-29)30-15-9-5-10-16-30/h4-5,7-10,13-16,19-20,27-28,31,33H,6,11-12,17-18,21-26H2,1-3H3. The lowest BCUT2D eigenvalue weighted by Crippen LogP contribution is -2.47. The molecule has 5 rings (SSSR count). The molecule has 0 spiro atoms. The van der Waals surface area contributed by atoms with Crippen LogP contribution in [0, 0.1) is 0 Å². The summed E-state index contributed by atoms with van der Waals surface area (Å²) in [4.78, 5) is 21.1. The summed E-state index contributed by atoms with van der Waals surface area (Å²) >= 11 is 0. The number of ether oxygens (including phenoxy) is 1. The van der Waals surface area contributed by atoms with E-state index in [1.165, 1.54) is 30.4 Å². The summed E-state index contributed by atoms with van der Waals surface area (Å²) in [5.74, 6) is 1.18. The number of nitrogens with zero attached hydrogens (tertiary/aromatic N) is 3. The van der Waals surface area contributed by atoms with Gasteiger partial charge in [0.1, 0.15) is 5.75 Å². The van der Waals surface area contributed by atoms with Gasteiger partial charge in [-0.1, -0.05) is 79.9 Å². The van der Waals surface area contributed by atoms with Gasteiger partial charge in [-0.15, -0.1) is 0 Å². The van der Waals surface area contributed by atoms with E-state index in [0.29, 0.717) is 23.3 Å². The second kappa shape index (κ2) is 14.0. The van der Waals surface area contributed by atoms with Gasteiger partial charge in [0.25, 0.3) is 5.91 Å². The van der Waals surface area contributed by atoms with Crippen LogP contribution in [0.4, 0.5) is 5.69 Å². The average Bonchev–Trinajstić information content (AvgIpc) is 3.02. The molecule has 218 valence electrons. The molecule has 0 N–H and O–H groups in total. The summed E-state index contributed by atoms with van der Waals surface area (Å²) in [6, 6.07) is 28.5. The first-order valence-corrected chi connectivity index (χ1v) is 15.6. The summed E-state index contributed by atoms with van der Waals surface area (Å²) in [5.41, 5.74) is 4.58. The minimum absolute atomic E-state index is 0.108. The van der Waals surface area contributed by atoms with E-state index >= 15 is 0 Å². The molecule has 3 aromatic carbocycles. The lowest BCUT2D eigenvalue weighted by atomic mass is 9.88. The van der Waals surface area contributed by atoms with Crippen LogP contribution in [-0.4, -0.2) is 67.6 Å². The van der Waals surface area contributed by atoms with Crippen molar-refractivity contribution in [1.29, 1.82) is 0 Å². The third kappa shape index (κ3) is 7.13. The van der Waals surface area contributed by atoms with Crippen LogP contribution in [0.2, 0.25) is 0 Å². The predicted octanol–water partition coefficient (Wildman–Crippen LogP) is 7.22. The number of methoxy groups -OCH3 is 1. The molecule has 0 bridgehead atoms. The van der Waals surface area contributed by atoms with E-state index in [1.54, 1.807) is 7.11 Å². The zero-order chi connectivity index (χ0) is 28.6. The Labute approximate surface area is 247 Å². The quantitative estimate of drug-likeness (QED) is 0.266. The first-order valence-electron chi connectivity index (χ1n) is 15.6. The number of benzene rings is 3. The van der Waals surface area contributed by atoms with Crippen LogP contribution in [0.25, 0.3) is 0 Å². The maximum absolute atomic E-state index is 14.0. The van der Waals surface area contributed by atoms with Crippen molar-refractivity contribution in [2.75, 3.05) is 44.7 Å². The van der Waals surface area contributed by atoms with E-state index in [4.69, 9.17) is 4.74 Å². The van der Waals surface area contributed by atoms with Crippen molar-refractivity contribution in [2.45, 2.75) is 70.4 Å². The van der Waals surface area contributed by atoms with Gasteiger partial charge in [0.2, 0.25) is 0 Å². The van der Waals surface area contributed by atoms with E-state index in [9.17, 15) is 4.79 Å². The molecule has 41 heavy (non-hydrogen) atoms. The average molecular weight is 554 g/mol. The highest BCUT2D eigenvalue weighted by Crippen LogP contribution is 2.32. The van der Waals surface area contributed by atoms with E-state index in [2.05, 4.69) is 101 Å². The maximum atomic E-state index is 14.0. The smallest absolute Gasteiger partial charge is 0.258 e. The van der Waals surface area contributed by atoms with Crippen LogP contribution in [0.15, 0.2) is 78.9 Å². The summed E-state index contributed by atoms with van der Waals surface area (Å²) < 4.78 is 5.70. The van der Waals surface area contributed by atoms with Gasteiger partial charge < -0.3 is 14.5 Å². The number of hydrogen-bond acceptors (Lipinski definition) is 4. The Morgan fingerprint density at radius 3 is 2.02 bits per heavy atom. The molecule has 1 amide bonds. The number of anilines is 1. The zero-order valence-electron chi connectivity index (χ0n) is 25.2. The van der Waals surface area contributed by atoms with Gasteiger partial charge in [-0.05, 0) is 69.0 Å². The Bertz CT molecular complexity index is 1190. The molecule has 2 fully saturated rings. The van der Waals surface area contributed by atoms with E-state index in [1.807, 2.05) is 6.07 Å². The monoisotopic (exact) mass is 553 g/mol. The summed E-state index contributed by atoms with van der Waals surface area (Å²) in [5, 5.41) is 0. The van der Waals surface area contributed by atoms with Crippen molar-refractivity contribution in [3.8, 4) is 5.75 Å². The highest BCUT2D eigenvalue weighted by atomic mass is 16.5. The Morgan fingerprint density at radius 2 is 1.46 bits per heavy atom. The Hall–Kier alpha value is -3.31. The third-order valence-corrected chi connectivity index (χ3v) is 9.05. The molecule has 0 radical (unpaired) electrons. The maximum Gasteiger partial charge on any atom is 0.258 e. The van der Waals surface area contributed by atoms with Crippen molar-refractivity contribution in [1.82, 2.24) is 9.80 Å². The summed E-state index contributed by atoms with van der Waals surface area (Å²) in [6.45, 7) is 9.30. The number of piperazine rings is 1. The molecule has 1 aliphatic carbocycles. The summed E-state index contributed by atoms with van der Waals surface area (Å²) in [6.07, 6.45) is 6.99. The topological polar surface area (TPSA) is 36.0 Å². The van der Waals surface area contributed by atoms with Gasteiger partial charge in [-0.2, -0.15) is 0 Å². The molecular weight excluding hydrogens is 506 g/mol. The molecule has 5 heteroatoms. The highest BCUT2D eigenvalue weighted by molar-refractivity contribution is 5.98. The van der Waals surface area contributed by atoms with Crippen LogP contribution in [-0.2, 0) is 0 Å². The fraction of sp³-hybridized carbons (Fsp3) is 0.472. The number of hydrogen-bond donors (Lipinski definition) is 0. The lowest BCUT2D eigenvalue weighted by Gasteiger charge is -2.38. The van der Waals surface area contributed by atoms with Crippen molar-refractivity contribution >= 4 is 11.6 Å². The van der Waals surface area contributed by atoms with Crippen LogP contribution < -0.4 is 9.64 Å². The van der Waals surface area contributed by atoms with E-state index < -0.39 is 0 Å². The van der Waals surface area contributed by atoms with Crippen molar-refractivity contribution < 1.29 is 9.53 Å². The van der Waals surface area contributed by atoms with Gasteiger partial charge in [0, 0.05) is 49.9 Å². The second-order valence-corrected chi connectivity index (χ2v) is 12.0. The Morgan fingerprint density at radius 1 is 0.854 bits per heavy atom. The Balaban J connectivity index is 1.24. The zero-order valence-corrected chi connectivity index (χ0v) is 25.2. The first-order chi connectivity index (χ1) is 20.0. The molecule has 2 aliphatic rings. The molecular formula is C36H47N3O2. The van der Waals surface area contributed by atoms with Crippen LogP contribution in [0.1, 0.15) is 79.8 Å². The summed E-state index contributed by atoms with van der Waals surface area (Å²) in [7, 11) is 1.67. The van der Waals surface area contributed by atoms with E-state index in [0.717, 1.165) is 57.7 Å². The van der Waals surface area contributed by atoms with Gasteiger partial charge in [0.15, 0.2) is 0 Å². The van der Waals surface area contributed by atoms with Crippen LogP contribution in [0.3, 0.4) is 0 Å².